The normalized spacial score (nSPS) is 51.5. The summed E-state index contributed by atoms with van der Waals surface area (Å²) in [5.74, 6) is -4.35. The number of ether oxygens (including phenoxy) is 6. The van der Waals surface area contributed by atoms with Gasteiger partial charge in [0.15, 0.2) is 5.60 Å². The second-order valence-electron chi connectivity index (χ2n) is 14.4. The van der Waals surface area contributed by atoms with Crippen molar-refractivity contribution in [3.8, 4) is 0 Å². The van der Waals surface area contributed by atoms with Crippen LogP contribution in [0.3, 0.4) is 0 Å². The van der Waals surface area contributed by atoms with Gasteiger partial charge >= 0.3 is 11.9 Å². The molecule has 1 aliphatic heterocycles. The smallest absolute Gasteiger partial charge is 0.338 e. The summed E-state index contributed by atoms with van der Waals surface area (Å²) >= 11 is 0. The van der Waals surface area contributed by atoms with Crippen LogP contribution >= 0.6 is 0 Å². The summed E-state index contributed by atoms with van der Waals surface area (Å²) in [4.78, 5) is 28.9. The quantitative estimate of drug-likeness (QED) is 0.263. The molecule has 0 radical (unpaired) electrons. The molecule has 0 aromatic heterocycles. The third kappa shape index (κ3) is 3.41. The Morgan fingerprint density at radius 1 is 0.978 bits per heavy atom. The largest absolute Gasteiger partial charge is 0.455 e. The fraction of sp³-hybridized carbons (Fsp3) is 0.758. The van der Waals surface area contributed by atoms with Crippen LogP contribution in [0.25, 0.3) is 0 Å². The first kappa shape index (κ1) is 32.4. The van der Waals surface area contributed by atoms with E-state index in [2.05, 4.69) is 0 Å². The number of nitrogens with zero attached hydrogens (tertiary/aromatic N) is 1. The molecule has 5 aliphatic carbocycles. The third-order valence-electron chi connectivity index (χ3n) is 12.9. The third-order valence-corrected chi connectivity index (χ3v) is 12.9. The number of aliphatic hydroxyl groups is 4. The van der Waals surface area contributed by atoms with Crippen molar-refractivity contribution in [2.75, 3.05) is 48.6 Å². The molecular formula is C33H45NO12. The fourth-order valence-corrected chi connectivity index (χ4v) is 12.2. The van der Waals surface area contributed by atoms with E-state index >= 15 is 0 Å². The van der Waals surface area contributed by atoms with Crippen molar-refractivity contribution in [2.24, 2.45) is 28.6 Å². The number of likely N-dealkylation sites (tertiary alicyclic amines) is 1. The molecule has 6 aliphatic rings. The number of methoxy groups -OCH3 is 4. The number of carbonyl (C=O) groups excluding carboxylic acids is 2. The Balaban J connectivity index is 1.56. The molecule has 46 heavy (non-hydrogen) atoms. The highest BCUT2D eigenvalue weighted by Crippen LogP contribution is 2.81. The first-order valence-corrected chi connectivity index (χ1v) is 15.9. The highest BCUT2D eigenvalue weighted by Gasteiger charge is 2.96. The van der Waals surface area contributed by atoms with E-state index in [9.17, 15) is 30.0 Å². The lowest BCUT2D eigenvalue weighted by Gasteiger charge is -2.72. The van der Waals surface area contributed by atoms with E-state index in [1.807, 2.05) is 11.9 Å². The molecule has 7 rings (SSSR count). The van der Waals surface area contributed by atoms with E-state index in [1.54, 1.807) is 37.4 Å². The maximum absolute atomic E-state index is 13.7. The SMILES string of the molecule is COC[C@]12CN(C)C3[C@@H]4[C@H](OC)[C@H]1[C@]3([C@@H](OC)C[C@H]2O)[C@]1(O)C[C@@]2(O)[C@H](OC(=O)c3ccccc3)[C@@H]1[C@]4(OC(C)=O)[C@@H](O)[C@@H]2OC. The zero-order valence-electron chi connectivity index (χ0n) is 27.0. The summed E-state index contributed by atoms with van der Waals surface area (Å²) in [6.45, 7) is 1.68. The molecule has 1 saturated heterocycles. The van der Waals surface area contributed by atoms with Gasteiger partial charge in [0.1, 0.15) is 23.9 Å². The molecule has 4 N–H and O–H groups in total. The van der Waals surface area contributed by atoms with Crippen molar-refractivity contribution in [1.29, 1.82) is 0 Å². The van der Waals surface area contributed by atoms with Gasteiger partial charge < -0.3 is 53.7 Å². The lowest BCUT2D eigenvalue weighted by Crippen LogP contribution is -2.85. The summed E-state index contributed by atoms with van der Waals surface area (Å²) in [5, 5.41) is 50.8. The maximum atomic E-state index is 13.7. The Kier molecular flexibility index (Phi) is 7.31. The van der Waals surface area contributed by atoms with E-state index < -0.39 is 106 Å². The van der Waals surface area contributed by atoms with E-state index in [4.69, 9.17) is 28.4 Å². The van der Waals surface area contributed by atoms with Crippen LogP contribution in [0.2, 0.25) is 0 Å². The van der Waals surface area contributed by atoms with Crippen molar-refractivity contribution in [1.82, 2.24) is 4.90 Å². The van der Waals surface area contributed by atoms with Crippen molar-refractivity contribution in [2.45, 2.75) is 79.2 Å². The molecule has 254 valence electrons. The van der Waals surface area contributed by atoms with Crippen LogP contribution < -0.4 is 0 Å². The summed E-state index contributed by atoms with van der Waals surface area (Å²) in [7, 11) is 7.77. The number of esters is 2. The summed E-state index contributed by atoms with van der Waals surface area (Å²) in [6, 6.07) is 7.61. The minimum absolute atomic E-state index is 0.113. The fourth-order valence-electron chi connectivity index (χ4n) is 12.2. The molecule has 1 aromatic rings. The van der Waals surface area contributed by atoms with Crippen LogP contribution in [0.1, 0.15) is 30.1 Å². The van der Waals surface area contributed by atoms with Gasteiger partial charge in [-0.2, -0.15) is 0 Å². The predicted molar refractivity (Wildman–Crippen MR) is 157 cm³/mol. The van der Waals surface area contributed by atoms with Crippen molar-refractivity contribution in [3.63, 3.8) is 0 Å². The summed E-state index contributed by atoms with van der Waals surface area (Å²) < 4.78 is 36.7. The van der Waals surface area contributed by atoms with E-state index in [0.717, 1.165) is 0 Å². The minimum atomic E-state index is -2.12. The molecule has 1 aromatic carbocycles. The van der Waals surface area contributed by atoms with Crippen molar-refractivity contribution >= 4 is 11.9 Å². The molecule has 0 amide bonds. The molecule has 1 spiro atoms. The number of carbonyl (C=O) groups is 2. The zero-order chi connectivity index (χ0) is 33.2. The van der Waals surface area contributed by atoms with Gasteiger partial charge in [-0.3, -0.25) is 4.79 Å². The number of fused-ring (bicyclic) bond motifs is 2. The first-order valence-electron chi connectivity index (χ1n) is 15.9. The van der Waals surface area contributed by atoms with Crippen LogP contribution in [0.15, 0.2) is 30.3 Å². The average molecular weight is 648 g/mol. The monoisotopic (exact) mass is 647 g/mol. The highest BCUT2D eigenvalue weighted by molar-refractivity contribution is 5.89. The zero-order valence-corrected chi connectivity index (χ0v) is 27.0. The number of rotatable bonds is 8. The highest BCUT2D eigenvalue weighted by atomic mass is 16.6. The van der Waals surface area contributed by atoms with Crippen LogP contribution in [-0.4, -0.2) is 145 Å². The molecule has 1 unspecified atom stereocenters. The predicted octanol–water partition coefficient (Wildman–Crippen LogP) is -0.627. The maximum Gasteiger partial charge on any atom is 0.338 e. The number of hydrogen-bond donors (Lipinski definition) is 4. The second kappa shape index (κ2) is 10.4. The van der Waals surface area contributed by atoms with Gasteiger partial charge in [-0.15, -0.1) is 0 Å². The Bertz CT molecular complexity index is 1400. The van der Waals surface area contributed by atoms with E-state index in [0.29, 0.717) is 6.54 Å². The number of benzene rings is 1. The Morgan fingerprint density at radius 3 is 2.26 bits per heavy atom. The molecule has 7 bridgehead atoms. The molecule has 1 heterocycles. The Labute approximate surface area is 267 Å². The van der Waals surface area contributed by atoms with Gasteiger partial charge in [0.25, 0.3) is 0 Å². The van der Waals surface area contributed by atoms with Gasteiger partial charge in [0.05, 0.1) is 42.0 Å². The lowest BCUT2D eigenvalue weighted by atomic mass is 9.40. The van der Waals surface area contributed by atoms with Crippen LogP contribution in [0.5, 0.6) is 0 Å². The van der Waals surface area contributed by atoms with Gasteiger partial charge in [0.2, 0.25) is 0 Å². The second-order valence-corrected chi connectivity index (χ2v) is 14.4. The van der Waals surface area contributed by atoms with Crippen LogP contribution in [-0.2, 0) is 33.2 Å². The topological polar surface area (TPSA) is 174 Å². The lowest BCUT2D eigenvalue weighted by molar-refractivity contribution is -0.353. The van der Waals surface area contributed by atoms with E-state index in [-0.39, 0.29) is 18.6 Å². The summed E-state index contributed by atoms with van der Waals surface area (Å²) in [5.41, 5.74) is -8.16. The molecular weight excluding hydrogens is 602 g/mol. The Morgan fingerprint density at radius 2 is 1.67 bits per heavy atom. The molecule has 13 heteroatoms. The van der Waals surface area contributed by atoms with Crippen LogP contribution in [0, 0.1) is 28.6 Å². The van der Waals surface area contributed by atoms with Crippen molar-refractivity contribution < 1.29 is 58.4 Å². The molecule has 5 saturated carbocycles. The van der Waals surface area contributed by atoms with E-state index in [1.165, 1.54) is 28.3 Å². The number of hydrogen-bond acceptors (Lipinski definition) is 13. The summed E-state index contributed by atoms with van der Waals surface area (Å²) in [6.07, 6.45) is -7.39. The van der Waals surface area contributed by atoms with Crippen molar-refractivity contribution in [3.05, 3.63) is 35.9 Å². The van der Waals surface area contributed by atoms with Gasteiger partial charge in [-0.1, -0.05) is 18.2 Å². The first-order chi connectivity index (χ1) is 21.8. The van der Waals surface area contributed by atoms with Gasteiger partial charge in [0, 0.05) is 83.5 Å². The molecule has 6 fully saturated rings. The van der Waals surface area contributed by atoms with Crippen LogP contribution in [0.4, 0.5) is 0 Å². The number of aliphatic hydroxyl groups excluding tert-OH is 2. The standard InChI is InChI=1S/C33H45NO12/c1-16(35)46-33-20-21(43-5)22-29(15-41-3)14-34(2)24(20)32(22,19(42-4)12-18(29)36)31(40)13-30(39,27(44-6)25(33)37)26(23(31)33)45-28(38)17-10-8-7-9-11-17/h7-11,18-27,36-37,39-40H,12-15H2,1-6H3/t18-,19+,20+,21+,22-,23+,24?,25+,26-,27+,29+,30-,31+,32+,33+/m1/s1. The van der Waals surface area contributed by atoms with Gasteiger partial charge in [-0.05, 0) is 19.2 Å². The number of piperidine rings is 1. The van der Waals surface area contributed by atoms with Gasteiger partial charge in [-0.25, -0.2) is 4.79 Å². The average Bonchev–Trinajstić information content (AvgIpc) is 3.38. The minimum Gasteiger partial charge on any atom is -0.455 e. The Hall–Kier alpha value is -2.20. The molecule has 15 atom stereocenters. The molecule has 13 nitrogen and oxygen atoms in total.